The number of carbonyl (C=O) groups excluding carboxylic acids is 2. The molecule has 0 bridgehead atoms. The molecule has 3 N–H and O–H groups in total. The number of anilines is 1. The highest BCUT2D eigenvalue weighted by molar-refractivity contribution is 6.04. The zero-order chi connectivity index (χ0) is 17.8. The highest BCUT2D eigenvalue weighted by atomic mass is 16.5. The molecule has 3 rings (SSSR count). The van der Waals surface area contributed by atoms with Gasteiger partial charge in [-0.3, -0.25) is 14.3 Å². The van der Waals surface area contributed by atoms with Gasteiger partial charge in [0.2, 0.25) is 0 Å². The van der Waals surface area contributed by atoms with Gasteiger partial charge in [-0.15, -0.1) is 0 Å². The summed E-state index contributed by atoms with van der Waals surface area (Å²) in [6.07, 6.45) is 2.71. The average Bonchev–Trinajstić information content (AvgIpc) is 3.05. The minimum atomic E-state index is -0.520. The summed E-state index contributed by atoms with van der Waals surface area (Å²) in [5, 5.41) is 3.41. The zero-order valence-corrected chi connectivity index (χ0v) is 13.7. The molecule has 0 aliphatic carbocycles. The Bertz CT molecular complexity index is 933. The number of hydrogen-bond donors (Lipinski definition) is 2. The van der Waals surface area contributed by atoms with E-state index in [1.807, 2.05) is 18.2 Å². The van der Waals surface area contributed by atoms with Gasteiger partial charge in [-0.1, -0.05) is 6.07 Å². The molecule has 128 valence electrons. The molecular formula is C18H18N4O3. The Morgan fingerprint density at radius 1 is 1.28 bits per heavy atom. The molecule has 0 saturated carbocycles. The Kier molecular flexibility index (Phi) is 4.65. The second-order valence-electron chi connectivity index (χ2n) is 5.38. The Balaban J connectivity index is 1.83. The topological polar surface area (TPSA) is 99.2 Å². The summed E-state index contributed by atoms with van der Waals surface area (Å²) in [7, 11) is 0. The summed E-state index contributed by atoms with van der Waals surface area (Å²) in [5.74, 6) is -0.194. The summed E-state index contributed by atoms with van der Waals surface area (Å²) in [6, 6.07) is 10.5. The van der Waals surface area contributed by atoms with Crippen molar-refractivity contribution < 1.29 is 14.3 Å². The fourth-order valence-corrected chi connectivity index (χ4v) is 2.56. The molecule has 2 heterocycles. The number of nitrogens with zero attached hydrogens (tertiary/aromatic N) is 2. The summed E-state index contributed by atoms with van der Waals surface area (Å²) < 4.78 is 6.34. The number of rotatable bonds is 4. The quantitative estimate of drug-likeness (QED) is 0.712. The third-order valence-electron chi connectivity index (χ3n) is 3.74. The van der Waals surface area contributed by atoms with Crippen molar-refractivity contribution in [2.45, 2.75) is 13.5 Å². The number of nitrogens with two attached hydrogens (primary N) is 1. The number of aromatic nitrogens is 2. The third kappa shape index (κ3) is 3.45. The van der Waals surface area contributed by atoms with Gasteiger partial charge in [0.15, 0.2) is 0 Å². The molecule has 0 spiro atoms. The van der Waals surface area contributed by atoms with E-state index in [4.69, 9.17) is 10.5 Å². The van der Waals surface area contributed by atoms with E-state index in [0.29, 0.717) is 23.6 Å². The van der Waals surface area contributed by atoms with E-state index in [1.54, 1.807) is 35.9 Å². The highest BCUT2D eigenvalue weighted by Crippen LogP contribution is 2.22. The molecular weight excluding hydrogens is 320 g/mol. The molecule has 1 amide bonds. The van der Waals surface area contributed by atoms with Crippen LogP contribution >= 0.6 is 0 Å². The second kappa shape index (κ2) is 7.04. The number of alkyl carbamates (subject to hydrolysis) is 1. The third-order valence-corrected chi connectivity index (χ3v) is 3.74. The second-order valence-corrected chi connectivity index (χ2v) is 5.38. The fourth-order valence-electron chi connectivity index (χ4n) is 2.56. The molecule has 0 saturated heterocycles. The van der Waals surface area contributed by atoms with E-state index in [-0.39, 0.29) is 12.5 Å². The fraction of sp³-hybridized carbons (Fsp3) is 0.167. The molecule has 2 aromatic heterocycles. The molecule has 7 nitrogen and oxygen atoms in total. The van der Waals surface area contributed by atoms with Gasteiger partial charge >= 0.3 is 6.09 Å². The first-order chi connectivity index (χ1) is 12.1. The smallest absolute Gasteiger partial charge is 0.407 e. The van der Waals surface area contributed by atoms with E-state index in [1.165, 1.54) is 6.20 Å². The van der Waals surface area contributed by atoms with E-state index < -0.39 is 6.09 Å². The van der Waals surface area contributed by atoms with Crippen molar-refractivity contribution in [1.82, 2.24) is 14.9 Å². The van der Waals surface area contributed by atoms with Crippen molar-refractivity contribution in [1.29, 1.82) is 0 Å². The average molecular weight is 338 g/mol. The lowest BCUT2D eigenvalue weighted by Gasteiger charge is -2.08. The van der Waals surface area contributed by atoms with Crippen LogP contribution in [0.25, 0.3) is 10.9 Å². The lowest BCUT2D eigenvalue weighted by Crippen LogP contribution is -2.24. The molecule has 0 unspecified atom stereocenters. The molecule has 1 aromatic carbocycles. The lowest BCUT2D eigenvalue weighted by atomic mass is 10.2. The first-order valence-electron chi connectivity index (χ1n) is 7.86. The Morgan fingerprint density at radius 3 is 2.92 bits per heavy atom. The number of ether oxygens (including phenoxy) is 1. The lowest BCUT2D eigenvalue weighted by molar-refractivity contribution is 0.0964. The molecule has 0 aliphatic heterocycles. The molecule has 0 fully saturated rings. The first-order valence-corrected chi connectivity index (χ1v) is 7.86. The SMILES string of the molecule is CCOC(=O)NCc1cc(C(=O)n2ccc3c(N)cccc32)ccn1. The number of benzene rings is 1. The maximum atomic E-state index is 12.8. The predicted molar refractivity (Wildman–Crippen MR) is 94.2 cm³/mol. The van der Waals surface area contributed by atoms with Crippen LogP contribution in [0.2, 0.25) is 0 Å². The number of nitrogens with one attached hydrogen (secondary N) is 1. The number of fused-ring (bicyclic) bond motifs is 1. The van der Waals surface area contributed by atoms with Gasteiger partial charge in [0.05, 0.1) is 24.4 Å². The van der Waals surface area contributed by atoms with Crippen LogP contribution in [-0.4, -0.2) is 28.2 Å². The molecule has 25 heavy (non-hydrogen) atoms. The molecule has 0 aliphatic rings. The summed E-state index contributed by atoms with van der Waals surface area (Å²) in [6.45, 7) is 2.20. The zero-order valence-electron chi connectivity index (χ0n) is 13.7. The van der Waals surface area contributed by atoms with Gasteiger partial charge < -0.3 is 15.8 Å². The van der Waals surface area contributed by atoms with Crippen LogP contribution in [0.1, 0.15) is 23.0 Å². The Morgan fingerprint density at radius 2 is 2.12 bits per heavy atom. The van der Waals surface area contributed by atoms with Gasteiger partial charge in [-0.05, 0) is 37.3 Å². The molecule has 0 atom stereocenters. The minimum Gasteiger partial charge on any atom is -0.450 e. The maximum absolute atomic E-state index is 12.8. The number of amides is 1. The Hall–Kier alpha value is -3.35. The van der Waals surface area contributed by atoms with Crippen LogP contribution in [0.4, 0.5) is 10.5 Å². The minimum absolute atomic E-state index is 0.180. The largest absolute Gasteiger partial charge is 0.450 e. The molecule has 3 aromatic rings. The van der Waals surface area contributed by atoms with Gasteiger partial charge in [0.25, 0.3) is 5.91 Å². The summed E-state index contributed by atoms with van der Waals surface area (Å²) >= 11 is 0. The van der Waals surface area contributed by atoms with Crippen LogP contribution < -0.4 is 11.1 Å². The Labute approximate surface area is 144 Å². The van der Waals surface area contributed by atoms with E-state index in [2.05, 4.69) is 10.3 Å². The van der Waals surface area contributed by atoms with E-state index in [0.717, 1.165) is 10.9 Å². The summed E-state index contributed by atoms with van der Waals surface area (Å²) in [4.78, 5) is 28.3. The van der Waals surface area contributed by atoms with Crippen molar-refractivity contribution in [3.8, 4) is 0 Å². The van der Waals surface area contributed by atoms with Crippen LogP contribution in [-0.2, 0) is 11.3 Å². The monoisotopic (exact) mass is 338 g/mol. The summed E-state index contributed by atoms with van der Waals surface area (Å²) in [5.41, 5.74) is 8.34. The normalized spacial score (nSPS) is 10.6. The van der Waals surface area contributed by atoms with Gasteiger partial charge in [0.1, 0.15) is 0 Å². The predicted octanol–water partition coefficient (Wildman–Crippen LogP) is 2.55. The first kappa shape index (κ1) is 16.5. The van der Waals surface area contributed by atoms with E-state index >= 15 is 0 Å². The maximum Gasteiger partial charge on any atom is 0.407 e. The van der Waals surface area contributed by atoms with Crippen molar-refractivity contribution in [3.05, 3.63) is 60.0 Å². The van der Waals surface area contributed by atoms with Crippen molar-refractivity contribution in [2.75, 3.05) is 12.3 Å². The van der Waals surface area contributed by atoms with Crippen LogP contribution in [0.3, 0.4) is 0 Å². The van der Waals surface area contributed by atoms with Crippen molar-refractivity contribution in [3.63, 3.8) is 0 Å². The van der Waals surface area contributed by atoms with Gasteiger partial charge in [0, 0.05) is 29.0 Å². The number of carbonyl (C=O) groups is 2. The van der Waals surface area contributed by atoms with E-state index in [9.17, 15) is 9.59 Å². The van der Waals surface area contributed by atoms with Crippen molar-refractivity contribution >= 4 is 28.6 Å². The molecule has 7 heteroatoms. The highest BCUT2D eigenvalue weighted by Gasteiger charge is 2.13. The van der Waals surface area contributed by atoms with Crippen LogP contribution in [0.5, 0.6) is 0 Å². The van der Waals surface area contributed by atoms with Crippen LogP contribution in [0, 0.1) is 0 Å². The number of hydrogen-bond acceptors (Lipinski definition) is 5. The number of nitrogen functional groups attached to an aromatic ring is 1. The molecule has 0 radical (unpaired) electrons. The van der Waals surface area contributed by atoms with Gasteiger partial charge in [-0.2, -0.15) is 0 Å². The standard InChI is InChI=1S/C18H18N4O3/c1-2-25-18(24)21-11-13-10-12(6-8-20-13)17(23)22-9-7-14-15(19)4-3-5-16(14)22/h3-10H,2,11,19H2,1H3,(H,21,24). The van der Waals surface area contributed by atoms with Crippen LogP contribution in [0.15, 0.2) is 48.8 Å². The van der Waals surface area contributed by atoms with Crippen molar-refractivity contribution in [2.24, 2.45) is 0 Å². The van der Waals surface area contributed by atoms with Gasteiger partial charge in [-0.25, -0.2) is 4.79 Å². The number of pyridine rings is 1.